The van der Waals surface area contributed by atoms with Crippen LogP contribution >= 0.6 is 0 Å². The summed E-state index contributed by atoms with van der Waals surface area (Å²) in [4.78, 5) is 13.1. The molecule has 1 aromatic rings. The van der Waals surface area contributed by atoms with Crippen LogP contribution in [0.25, 0.3) is 0 Å². The van der Waals surface area contributed by atoms with Gasteiger partial charge in [0.25, 0.3) is 0 Å². The van der Waals surface area contributed by atoms with Crippen molar-refractivity contribution in [2.75, 3.05) is 26.0 Å². The Bertz CT molecular complexity index is 375. The summed E-state index contributed by atoms with van der Waals surface area (Å²) in [6.45, 7) is 3.03. The molecular weight excluding hydrogens is 224 g/mol. The predicted molar refractivity (Wildman–Crippen MR) is 76.9 cm³/mol. The molecule has 0 aliphatic rings. The van der Waals surface area contributed by atoms with Gasteiger partial charge in [-0.1, -0.05) is 31.5 Å². The van der Waals surface area contributed by atoms with Crippen molar-refractivity contribution in [1.29, 1.82) is 0 Å². The monoisotopic (exact) mass is 248 g/mol. The van der Waals surface area contributed by atoms with E-state index in [1.54, 1.807) is 19.0 Å². The molecule has 0 radical (unpaired) electrons. The standard InChI is InChI=1S/C15H24N2O/c1-4-8-13-9-5-6-10-14(13)16-12-7-11-15(18)17(2)3/h5-6,9-10,16H,4,7-8,11-12H2,1-3H3. The van der Waals surface area contributed by atoms with E-state index in [0.717, 1.165) is 25.8 Å². The molecule has 18 heavy (non-hydrogen) atoms. The predicted octanol–water partition coefficient (Wildman–Crippen LogP) is 2.92. The Kier molecular flexibility index (Phi) is 6.26. The number of amides is 1. The molecule has 3 heteroatoms. The molecule has 0 aromatic heterocycles. The summed E-state index contributed by atoms with van der Waals surface area (Å²) in [5.41, 5.74) is 2.57. The Hall–Kier alpha value is -1.51. The number of carbonyl (C=O) groups excluding carboxylic acids is 1. The van der Waals surface area contributed by atoms with Gasteiger partial charge >= 0.3 is 0 Å². The van der Waals surface area contributed by atoms with Crippen molar-refractivity contribution < 1.29 is 4.79 Å². The Labute approximate surface area is 110 Å². The van der Waals surface area contributed by atoms with Gasteiger partial charge in [-0.05, 0) is 24.5 Å². The van der Waals surface area contributed by atoms with E-state index in [-0.39, 0.29) is 5.91 Å². The van der Waals surface area contributed by atoms with E-state index in [1.807, 2.05) is 6.07 Å². The van der Waals surface area contributed by atoms with Crippen molar-refractivity contribution in [2.24, 2.45) is 0 Å². The highest BCUT2D eigenvalue weighted by molar-refractivity contribution is 5.75. The molecule has 0 unspecified atom stereocenters. The van der Waals surface area contributed by atoms with Gasteiger partial charge in [-0.3, -0.25) is 4.79 Å². The summed E-state index contributed by atoms with van der Waals surface area (Å²) >= 11 is 0. The van der Waals surface area contributed by atoms with Gasteiger partial charge in [-0.15, -0.1) is 0 Å². The quantitative estimate of drug-likeness (QED) is 0.752. The van der Waals surface area contributed by atoms with Crippen LogP contribution < -0.4 is 5.32 Å². The van der Waals surface area contributed by atoms with Gasteiger partial charge in [-0.2, -0.15) is 0 Å². The molecular formula is C15H24N2O. The second kappa shape index (κ2) is 7.75. The lowest BCUT2D eigenvalue weighted by atomic mass is 10.1. The fourth-order valence-electron chi connectivity index (χ4n) is 1.87. The molecule has 0 heterocycles. The van der Waals surface area contributed by atoms with Crippen LogP contribution in [0.4, 0.5) is 5.69 Å². The van der Waals surface area contributed by atoms with E-state index in [4.69, 9.17) is 0 Å². The first-order chi connectivity index (χ1) is 8.65. The molecule has 1 rings (SSSR count). The van der Waals surface area contributed by atoms with Crippen LogP contribution in [0.2, 0.25) is 0 Å². The first-order valence-electron chi connectivity index (χ1n) is 6.67. The van der Waals surface area contributed by atoms with E-state index >= 15 is 0 Å². The van der Waals surface area contributed by atoms with Crippen molar-refractivity contribution in [1.82, 2.24) is 4.90 Å². The number of rotatable bonds is 7. The molecule has 0 atom stereocenters. The number of hydrogen-bond donors (Lipinski definition) is 1. The molecule has 0 saturated heterocycles. The average molecular weight is 248 g/mol. The molecule has 0 saturated carbocycles. The molecule has 0 spiro atoms. The summed E-state index contributed by atoms with van der Waals surface area (Å²) < 4.78 is 0. The van der Waals surface area contributed by atoms with E-state index < -0.39 is 0 Å². The number of nitrogens with one attached hydrogen (secondary N) is 1. The third-order valence-corrected chi connectivity index (χ3v) is 2.92. The largest absolute Gasteiger partial charge is 0.385 e. The summed E-state index contributed by atoms with van der Waals surface area (Å²) in [5.74, 6) is 0.193. The molecule has 100 valence electrons. The van der Waals surface area contributed by atoms with E-state index in [2.05, 4.69) is 30.4 Å². The average Bonchev–Trinajstić information content (AvgIpc) is 2.36. The van der Waals surface area contributed by atoms with Crippen molar-refractivity contribution in [2.45, 2.75) is 32.6 Å². The van der Waals surface area contributed by atoms with Gasteiger partial charge in [0.05, 0.1) is 0 Å². The number of para-hydroxylation sites is 1. The molecule has 1 aromatic carbocycles. The fraction of sp³-hybridized carbons (Fsp3) is 0.533. The lowest BCUT2D eigenvalue weighted by molar-refractivity contribution is -0.128. The first-order valence-corrected chi connectivity index (χ1v) is 6.67. The zero-order valence-electron chi connectivity index (χ0n) is 11.7. The maximum atomic E-state index is 11.4. The van der Waals surface area contributed by atoms with Crippen molar-refractivity contribution in [3.8, 4) is 0 Å². The fourth-order valence-corrected chi connectivity index (χ4v) is 1.87. The van der Waals surface area contributed by atoms with E-state index in [9.17, 15) is 4.79 Å². The number of hydrogen-bond acceptors (Lipinski definition) is 2. The van der Waals surface area contributed by atoms with E-state index in [0.29, 0.717) is 6.42 Å². The Morgan fingerprint density at radius 1 is 1.28 bits per heavy atom. The minimum Gasteiger partial charge on any atom is -0.385 e. The van der Waals surface area contributed by atoms with Gasteiger partial charge < -0.3 is 10.2 Å². The van der Waals surface area contributed by atoms with Crippen LogP contribution in [0.5, 0.6) is 0 Å². The lowest BCUT2D eigenvalue weighted by Crippen LogP contribution is -2.22. The molecule has 0 aliphatic carbocycles. The Balaban J connectivity index is 2.37. The van der Waals surface area contributed by atoms with Crippen LogP contribution in [-0.4, -0.2) is 31.4 Å². The number of nitrogens with zero attached hydrogens (tertiary/aromatic N) is 1. The minimum absolute atomic E-state index is 0.193. The number of aryl methyl sites for hydroxylation is 1. The molecule has 0 fully saturated rings. The van der Waals surface area contributed by atoms with Gasteiger partial charge in [0.1, 0.15) is 0 Å². The normalized spacial score (nSPS) is 10.2. The maximum absolute atomic E-state index is 11.4. The topological polar surface area (TPSA) is 32.3 Å². The summed E-state index contributed by atoms with van der Waals surface area (Å²) in [6.07, 6.45) is 3.73. The number of benzene rings is 1. The third-order valence-electron chi connectivity index (χ3n) is 2.92. The number of anilines is 1. The zero-order chi connectivity index (χ0) is 13.4. The first kappa shape index (κ1) is 14.6. The van der Waals surface area contributed by atoms with Crippen LogP contribution in [0.3, 0.4) is 0 Å². The summed E-state index contributed by atoms with van der Waals surface area (Å²) in [5, 5.41) is 3.42. The van der Waals surface area contributed by atoms with Gasteiger partial charge in [0, 0.05) is 32.7 Å². The van der Waals surface area contributed by atoms with Crippen LogP contribution in [0.1, 0.15) is 31.7 Å². The zero-order valence-corrected chi connectivity index (χ0v) is 11.7. The third kappa shape index (κ3) is 4.78. The SMILES string of the molecule is CCCc1ccccc1NCCCC(=O)N(C)C. The maximum Gasteiger partial charge on any atom is 0.222 e. The Morgan fingerprint density at radius 2 is 2.00 bits per heavy atom. The van der Waals surface area contributed by atoms with Gasteiger partial charge in [-0.25, -0.2) is 0 Å². The van der Waals surface area contributed by atoms with Crippen molar-refractivity contribution >= 4 is 11.6 Å². The smallest absolute Gasteiger partial charge is 0.222 e. The molecule has 0 aliphatic heterocycles. The summed E-state index contributed by atoms with van der Waals surface area (Å²) in [6, 6.07) is 8.40. The molecule has 1 N–H and O–H groups in total. The van der Waals surface area contributed by atoms with Crippen LogP contribution in [0, 0.1) is 0 Å². The lowest BCUT2D eigenvalue weighted by Gasteiger charge is -2.12. The summed E-state index contributed by atoms with van der Waals surface area (Å²) in [7, 11) is 3.60. The van der Waals surface area contributed by atoms with Crippen molar-refractivity contribution in [3.05, 3.63) is 29.8 Å². The second-order valence-electron chi connectivity index (χ2n) is 4.73. The van der Waals surface area contributed by atoms with E-state index in [1.165, 1.54) is 11.3 Å². The van der Waals surface area contributed by atoms with Gasteiger partial charge in [0.2, 0.25) is 5.91 Å². The highest BCUT2D eigenvalue weighted by Gasteiger charge is 2.04. The molecule has 3 nitrogen and oxygen atoms in total. The molecule has 1 amide bonds. The Morgan fingerprint density at radius 3 is 2.67 bits per heavy atom. The number of carbonyl (C=O) groups is 1. The van der Waals surface area contributed by atoms with Crippen molar-refractivity contribution in [3.63, 3.8) is 0 Å². The molecule has 0 bridgehead atoms. The van der Waals surface area contributed by atoms with Crippen LogP contribution in [0.15, 0.2) is 24.3 Å². The van der Waals surface area contributed by atoms with Crippen LogP contribution in [-0.2, 0) is 11.2 Å². The minimum atomic E-state index is 0.193. The second-order valence-corrected chi connectivity index (χ2v) is 4.73. The van der Waals surface area contributed by atoms with Gasteiger partial charge in [0.15, 0.2) is 0 Å². The highest BCUT2D eigenvalue weighted by Crippen LogP contribution is 2.16. The highest BCUT2D eigenvalue weighted by atomic mass is 16.2.